The first-order chi connectivity index (χ1) is 9.31. The average Bonchev–Trinajstić information content (AvgIpc) is 2.75. The normalized spacial score (nSPS) is 18.1. The molecule has 1 aliphatic heterocycles. The van der Waals surface area contributed by atoms with Crippen LogP contribution in [0.15, 0.2) is 29.8 Å². The van der Waals surface area contributed by atoms with Crippen molar-refractivity contribution < 1.29 is 14.6 Å². The highest BCUT2D eigenvalue weighted by Gasteiger charge is 2.43. The topological polar surface area (TPSA) is 38.7 Å². The summed E-state index contributed by atoms with van der Waals surface area (Å²) >= 11 is 0. The van der Waals surface area contributed by atoms with Gasteiger partial charge in [0.25, 0.3) is 0 Å². The maximum Gasteiger partial charge on any atom is 0.127 e. The lowest BCUT2D eigenvalue weighted by Crippen LogP contribution is -2.29. The number of rotatable bonds is 4. The Labute approximate surface area is 121 Å². The van der Waals surface area contributed by atoms with Crippen LogP contribution in [0.5, 0.6) is 5.75 Å². The molecule has 1 heterocycles. The van der Waals surface area contributed by atoms with Crippen molar-refractivity contribution in [2.24, 2.45) is 10.8 Å². The van der Waals surface area contributed by atoms with Gasteiger partial charge in [0.15, 0.2) is 0 Å². The number of hydrogen-bond acceptors (Lipinski definition) is 3. The summed E-state index contributed by atoms with van der Waals surface area (Å²) in [5.74, 6) is 1.69. The van der Waals surface area contributed by atoms with E-state index in [1.807, 2.05) is 24.3 Å². The van der Waals surface area contributed by atoms with Crippen LogP contribution in [0, 0.1) is 10.8 Å². The Bertz CT molecular complexity index is 527. The minimum atomic E-state index is -0.307. The molecule has 0 aromatic heterocycles. The minimum absolute atomic E-state index is 0.0787. The number of methoxy groups -OCH3 is 1. The van der Waals surface area contributed by atoms with Crippen LogP contribution >= 0.6 is 0 Å². The molecular formula is C17H24O3. The molecule has 0 spiro atoms. The molecule has 110 valence electrons. The second kappa shape index (κ2) is 5.13. The monoisotopic (exact) mass is 276 g/mol. The number of hydrogen-bond donors (Lipinski definition) is 1. The molecule has 1 N–H and O–H groups in total. The molecule has 3 heteroatoms. The summed E-state index contributed by atoms with van der Waals surface area (Å²) in [5, 5.41) is 9.74. The molecule has 0 atom stereocenters. The lowest BCUT2D eigenvalue weighted by molar-refractivity contribution is 0.160. The van der Waals surface area contributed by atoms with Crippen molar-refractivity contribution in [3.63, 3.8) is 0 Å². The van der Waals surface area contributed by atoms with Gasteiger partial charge in [-0.25, -0.2) is 0 Å². The van der Waals surface area contributed by atoms with Crippen LogP contribution in [0.1, 0.15) is 33.3 Å². The molecular weight excluding hydrogens is 252 g/mol. The Morgan fingerprint density at radius 1 is 1.35 bits per heavy atom. The van der Waals surface area contributed by atoms with Crippen LogP contribution in [-0.4, -0.2) is 25.4 Å². The summed E-state index contributed by atoms with van der Waals surface area (Å²) in [5.41, 5.74) is 1.79. The van der Waals surface area contributed by atoms with Crippen molar-refractivity contribution in [3.05, 3.63) is 35.4 Å². The molecule has 0 fully saturated rings. The number of aliphatic hydroxyl groups is 1. The summed E-state index contributed by atoms with van der Waals surface area (Å²) in [6.45, 7) is 9.17. The van der Waals surface area contributed by atoms with Crippen molar-refractivity contribution in [2.45, 2.75) is 27.7 Å². The van der Waals surface area contributed by atoms with E-state index in [2.05, 4.69) is 27.7 Å². The third kappa shape index (κ3) is 2.55. The number of benzene rings is 1. The predicted molar refractivity (Wildman–Crippen MR) is 80.5 cm³/mol. The van der Waals surface area contributed by atoms with Crippen LogP contribution in [0.4, 0.5) is 0 Å². The molecule has 2 rings (SSSR count). The van der Waals surface area contributed by atoms with Crippen molar-refractivity contribution in [1.29, 1.82) is 0 Å². The van der Waals surface area contributed by atoms with E-state index in [4.69, 9.17) is 9.47 Å². The Hall–Kier alpha value is -1.48. The van der Waals surface area contributed by atoms with E-state index in [0.717, 1.165) is 17.1 Å². The summed E-state index contributed by atoms with van der Waals surface area (Å²) in [4.78, 5) is 0. The molecule has 20 heavy (non-hydrogen) atoms. The molecule has 0 bridgehead atoms. The Morgan fingerprint density at radius 2 is 2.05 bits per heavy atom. The van der Waals surface area contributed by atoms with Gasteiger partial charge in [0.05, 0.1) is 20.3 Å². The molecule has 0 unspecified atom stereocenters. The lowest BCUT2D eigenvalue weighted by atomic mass is 9.70. The highest BCUT2D eigenvalue weighted by molar-refractivity contribution is 5.68. The van der Waals surface area contributed by atoms with Gasteiger partial charge in [0, 0.05) is 16.4 Å². The van der Waals surface area contributed by atoms with Gasteiger partial charge in [-0.2, -0.15) is 0 Å². The van der Waals surface area contributed by atoms with Gasteiger partial charge in [0.1, 0.15) is 11.5 Å². The van der Waals surface area contributed by atoms with Crippen LogP contribution in [0.25, 0.3) is 5.76 Å². The predicted octanol–water partition coefficient (Wildman–Crippen LogP) is 3.48. The van der Waals surface area contributed by atoms with E-state index in [9.17, 15) is 5.11 Å². The maximum atomic E-state index is 9.74. The van der Waals surface area contributed by atoms with E-state index in [1.165, 1.54) is 5.57 Å². The summed E-state index contributed by atoms with van der Waals surface area (Å²) in [6, 6.07) is 7.87. The third-order valence-corrected chi connectivity index (χ3v) is 3.89. The van der Waals surface area contributed by atoms with Crippen molar-refractivity contribution in [2.75, 3.05) is 20.3 Å². The van der Waals surface area contributed by atoms with Crippen molar-refractivity contribution >= 4 is 5.76 Å². The number of aliphatic hydroxyl groups excluding tert-OH is 1. The Balaban J connectivity index is 2.58. The molecule has 1 aliphatic rings. The summed E-state index contributed by atoms with van der Waals surface area (Å²) in [7, 11) is 1.66. The van der Waals surface area contributed by atoms with Gasteiger partial charge in [0.2, 0.25) is 0 Å². The van der Waals surface area contributed by atoms with Gasteiger partial charge in [-0.05, 0) is 17.7 Å². The summed E-state index contributed by atoms with van der Waals surface area (Å²) in [6.07, 6.45) is 0. The van der Waals surface area contributed by atoms with E-state index in [1.54, 1.807) is 7.11 Å². The largest absolute Gasteiger partial charge is 0.497 e. The van der Waals surface area contributed by atoms with Gasteiger partial charge in [-0.15, -0.1) is 0 Å². The van der Waals surface area contributed by atoms with Gasteiger partial charge >= 0.3 is 0 Å². The van der Waals surface area contributed by atoms with Crippen LogP contribution in [0.2, 0.25) is 0 Å². The molecule has 3 nitrogen and oxygen atoms in total. The van der Waals surface area contributed by atoms with Gasteiger partial charge < -0.3 is 14.6 Å². The smallest absolute Gasteiger partial charge is 0.127 e. The van der Waals surface area contributed by atoms with E-state index >= 15 is 0 Å². The fraction of sp³-hybridized carbons (Fsp3) is 0.529. The molecule has 0 saturated heterocycles. The van der Waals surface area contributed by atoms with Crippen molar-refractivity contribution in [1.82, 2.24) is 0 Å². The zero-order valence-corrected chi connectivity index (χ0v) is 13.0. The van der Waals surface area contributed by atoms with Gasteiger partial charge in [-0.1, -0.05) is 39.8 Å². The Kier molecular flexibility index (Phi) is 3.83. The fourth-order valence-corrected chi connectivity index (χ4v) is 3.00. The second-order valence-electron chi connectivity index (χ2n) is 6.65. The maximum absolute atomic E-state index is 9.74. The van der Waals surface area contributed by atoms with Crippen molar-refractivity contribution in [3.8, 4) is 5.75 Å². The number of ether oxygens (including phenoxy) is 2. The zero-order valence-electron chi connectivity index (χ0n) is 13.0. The van der Waals surface area contributed by atoms with E-state index in [0.29, 0.717) is 6.61 Å². The average molecular weight is 276 g/mol. The first-order valence-corrected chi connectivity index (χ1v) is 6.95. The van der Waals surface area contributed by atoms with E-state index < -0.39 is 0 Å². The first kappa shape index (κ1) is 14.9. The minimum Gasteiger partial charge on any atom is -0.497 e. The molecule has 1 aromatic carbocycles. The fourth-order valence-electron chi connectivity index (χ4n) is 3.00. The van der Waals surface area contributed by atoms with Gasteiger partial charge in [-0.3, -0.25) is 0 Å². The SMILES string of the molecule is COc1cccc(C2=C(C(C)(C)CO)C(C)(C)CO2)c1. The molecule has 0 saturated carbocycles. The first-order valence-electron chi connectivity index (χ1n) is 6.95. The highest BCUT2D eigenvalue weighted by Crippen LogP contribution is 2.49. The molecule has 0 aliphatic carbocycles. The molecule has 0 amide bonds. The third-order valence-electron chi connectivity index (χ3n) is 3.89. The highest BCUT2D eigenvalue weighted by atomic mass is 16.5. The molecule has 0 radical (unpaired) electrons. The van der Waals surface area contributed by atoms with E-state index in [-0.39, 0.29) is 17.4 Å². The zero-order chi connectivity index (χ0) is 15.0. The van der Waals surface area contributed by atoms with Crippen LogP contribution < -0.4 is 4.74 Å². The summed E-state index contributed by atoms with van der Waals surface area (Å²) < 4.78 is 11.3. The lowest BCUT2D eigenvalue weighted by Gasteiger charge is -2.32. The molecule has 1 aromatic rings. The second-order valence-corrected chi connectivity index (χ2v) is 6.65. The van der Waals surface area contributed by atoms with Crippen LogP contribution in [-0.2, 0) is 4.74 Å². The quantitative estimate of drug-likeness (QED) is 0.915. The standard InChI is InChI=1S/C17H24O3/c1-16(2,10-18)15-14(20-11-17(15,3)4)12-7-6-8-13(9-12)19-5/h6-9,18H,10-11H2,1-5H3. The van der Waals surface area contributed by atoms with Crippen LogP contribution in [0.3, 0.4) is 0 Å². The Morgan fingerprint density at radius 3 is 2.65 bits per heavy atom.